The molecule has 1 aromatic carbocycles. The van der Waals surface area contributed by atoms with Crippen LogP contribution in [0, 0.1) is 0 Å². The van der Waals surface area contributed by atoms with Gasteiger partial charge < -0.3 is 0 Å². The summed E-state index contributed by atoms with van der Waals surface area (Å²) >= 11 is 0. The number of nitrogens with zero attached hydrogens (tertiary/aromatic N) is 2. The fraction of sp³-hybridized carbons (Fsp3) is 0.0769. The van der Waals surface area contributed by atoms with Gasteiger partial charge in [-0.2, -0.15) is 13.2 Å². The lowest BCUT2D eigenvalue weighted by Gasteiger charge is -2.08. The van der Waals surface area contributed by atoms with Gasteiger partial charge >= 0.3 is 6.18 Å². The van der Waals surface area contributed by atoms with Crippen LogP contribution in [0.25, 0.3) is 0 Å². The van der Waals surface area contributed by atoms with Crippen LogP contribution in [0.15, 0.2) is 53.7 Å². The van der Waals surface area contributed by atoms with Crippen LogP contribution in [0.4, 0.5) is 18.9 Å². The van der Waals surface area contributed by atoms with Crippen LogP contribution in [0.5, 0.6) is 0 Å². The van der Waals surface area contributed by atoms with Gasteiger partial charge in [0, 0.05) is 6.20 Å². The number of hydroxylamine groups is 1. The van der Waals surface area contributed by atoms with Gasteiger partial charge in [-0.05, 0) is 30.3 Å². The number of nitrogens with one attached hydrogen (secondary N) is 1. The predicted octanol–water partition coefficient (Wildman–Crippen LogP) is 3.16. The Hall–Kier alpha value is -2.41. The van der Waals surface area contributed by atoms with Crippen LogP contribution in [0.1, 0.15) is 11.3 Å². The summed E-state index contributed by atoms with van der Waals surface area (Å²) in [4.78, 5) is 7.86. The van der Waals surface area contributed by atoms with Crippen molar-refractivity contribution in [1.82, 2.24) is 10.5 Å². The third kappa shape index (κ3) is 3.33. The second-order valence-electron chi connectivity index (χ2n) is 3.84. The van der Waals surface area contributed by atoms with E-state index in [0.717, 1.165) is 12.1 Å². The third-order valence-electron chi connectivity index (χ3n) is 2.43. The summed E-state index contributed by atoms with van der Waals surface area (Å²) in [6, 6.07) is 9.39. The Labute approximate surface area is 112 Å². The third-order valence-corrected chi connectivity index (χ3v) is 2.43. The summed E-state index contributed by atoms with van der Waals surface area (Å²) < 4.78 is 37.8. The van der Waals surface area contributed by atoms with E-state index >= 15 is 0 Å². The molecule has 20 heavy (non-hydrogen) atoms. The molecule has 104 valence electrons. The molecule has 0 atom stereocenters. The Morgan fingerprint density at radius 1 is 1.15 bits per heavy atom. The molecule has 0 spiro atoms. The number of alkyl halides is 3. The summed E-state index contributed by atoms with van der Waals surface area (Å²) in [6.07, 6.45) is -2.96. The number of hydrogen-bond acceptors (Lipinski definition) is 3. The molecule has 0 saturated heterocycles. The topological polar surface area (TPSA) is 57.5 Å². The summed E-state index contributed by atoms with van der Waals surface area (Å²) in [6.45, 7) is 0. The number of rotatable bonds is 2. The molecular weight excluding hydrogens is 271 g/mol. The van der Waals surface area contributed by atoms with Gasteiger partial charge in [0.15, 0.2) is 5.84 Å². The quantitative estimate of drug-likeness (QED) is 0.505. The predicted molar refractivity (Wildman–Crippen MR) is 66.8 cm³/mol. The molecule has 0 saturated carbocycles. The second-order valence-corrected chi connectivity index (χ2v) is 3.84. The first-order chi connectivity index (χ1) is 9.50. The van der Waals surface area contributed by atoms with E-state index in [1.165, 1.54) is 18.3 Å². The minimum Gasteiger partial charge on any atom is -0.290 e. The zero-order chi connectivity index (χ0) is 14.6. The molecule has 0 fully saturated rings. The van der Waals surface area contributed by atoms with Crippen LogP contribution >= 0.6 is 0 Å². The van der Waals surface area contributed by atoms with Crippen LogP contribution in [0.3, 0.4) is 0 Å². The maximum absolute atomic E-state index is 12.6. The Balaban J connectivity index is 2.38. The molecule has 7 heteroatoms. The van der Waals surface area contributed by atoms with Crippen molar-refractivity contribution in [1.29, 1.82) is 0 Å². The lowest BCUT2D eigenvalue weighted by atomic mass is 10.2. The highest BCUT2D eigenvalue weighted by Gasteiger charge is 2.30. The van der Waals surface area contributed by atoms with Crippen molar-refractivity contribution in [3.05, 3.63) is 59.9 Å². The molecule has 0 aliphatic carbocycles. The highest BCUT2D eigenvalue weighted by atomic mass is 19.4. The van der Waals surface area contributed by atoms with Gasteiger partial charge in [-0.1, -0.05) is 12.1 Å². The molecule has 2 rings (SSSR count). The van der Waals surface area contributed by atoms with Crippen LogP contribution in [0.2, 0.25) is 0 Å². The van der Waals surface area contributed by atoms with Crippen molar-refractivity contribution in [3.8, 4) is 0 Å². The second kappa shape index (κ2) is 5.70. The Morgan fingerprint density at radius 3 is 2.55 bits per heavy atom. The average Bonchev–Trinajstić information content (AvgIpc) is 2.45. The lowest BCUT2D eigenvalue weighted by Crippen LogP contribution is -2.21. The number of aromatic nitrogens is 1. The summed E-state index contributed by atoms with van der Waals surface area (Å²) in [5.74, 6) is -0.0371. The Kier molecular flexibility index (Phi) is 3.99. The number of amidine groups is 1. The van der Waals surface area contributed by atoms with Crippen molar-refractivity contribution >= 4 is 11.5 Å². The van der Waals surface area contributed by atoms with Gasteiger partial charge in [0.05, 0.1) is 11.3 Å². The molecule has 4 nitrogen and oxygen atoms in total. The minimum absolute atomic E-state index is 0.0371. The summed E-state index contributed by atoms with van der Waals surface area (Å²) in [5, 5.41) is 9.03. The summed E-state index contributed by atoms with van der Waals surface area (Å²) in [5.41, 5.74) is 1.39. The standard InChI is InChI=1S/C13H10F3N3O/c14-13(15,16)9-4-3-5-10(8-9)18-12(19-20)11-6-1-2-7-17-11/h1-8,20H,(H,18,19). The number of halogens is 3. The molecule has 0 radical (unpaired) electrons. The smallest absolute Gasteiger partial charge is 0.290 e. The first-order valence-corrected chi connectivity index (χ1v) is 5.58. The molecule has 0 unspecified atom stereocenters. The average molecular weight is 281 g/mol. The fourth-order valence-corrected chi connectivity index (χ4v) is 1.52. The van der Waals surface area contributed by atoms with Gasteiger partial charge in [0.2, 0.25) is 0 Å². The van der Waals surface area contributed by atoms with Gasteiger partial charge in [0.1, 0.15) is 5.69 Å². The zero-order valence-corrected chi connectivity index (χ0v) is 10.1. The van der Waals surface area contributed by atoms with Crippen molar-refractivity contribution in [3.63, 3.8) is 0 Å². The molecule has 0 bridgehead atoms. The Morgan fingerprint density at radius 2 is 1.95 bits per heavy atom. The van der Waals surface area contributed by atoms with E-state index in [9.17, 15) is 13.2 Å². The lowest BCUT2D eigenvalue weighted by molar-refractivity contribution is -0.137. The van der Waals surface area contributed by atoms with Crippen LogP contribution < -0.4 is 5.48 Å². The largest absolute Gasteiger partial charge is 0.416 e. The molecule has 2 aromatic rings. The van der Waals surface area contributed by atoms with E-state index < -0.39 is 11.7 Å². The van der Waals surface area contributed by atoms with E-state index in [2.05, 4.69) is 9.98 Å². The van der Waals surface area contributed by atoms with Crippen LogP contribution in [-0.2, 0) is 6.18 Å². The van der Waals surface area contributed by atoms with Gasteiger partial charge in [-0.25, -0.2) is 4.99 Å². The number of aliphatic imine (C=N–C) groups is 1. The highest BCUT2D eigenvalue weighted by Crippen LogP contribution is 2.31. The van der Waals surface area contributed by atoms with Gasteiger partial charge in [-0.3, -0.25) is 15.7 Å². The normalized spacial score (nSPS) is 12.3. The van der Waals surface area contributed by atoms with E-state index in [-0.39, 0.29) is 11.5 Å². The Bertz CT molecular complexity index is 612. The number of benzene rings is 1. The minimum atomic E-state index is -4.44. The van der Waals surface area contributed by atoms with E-state index in [1.54, 1.807) is 18.2 Å². The van der Waals surface area contributed by atoms with Crippen molar-refractivity contribution in [2.75, 3.05) is 0 Å². The first kappa shape index (κ1) is 14.0. The highest BCUT2D eigenvalue weighted by molar-refractivity contribution is 5.97. The molecular formula is C13H10F3N3O. The van der Waals surface area contributed by atoms with Gasteiger partial charge in [-0.15, -0.1) is 0 Å². The molecule has 0 aliphatic rings. The van der Waals surface area contributed by atoms with Crippen molar-refractivity contribution in [2.45, 2.75) is 6.18 Å². The van der Waals surface area contributed by atoms with E-state index in [1.807, 2.05) is 5.48 Å². The molecule has 1 heterocycles. The number of pyridine rings is 1. The SMILES string of the molecule is ONC(=Nc1cccc(C(F)(F)F)c1)c1ccccn1. The molecule has 0 amide bonds. The van der Waals surface area contributed by atoms with Crippen LogP contribution in [-0.4, -0.2) is 16.0 Å². The number of hydrogen-bond donors (Lipinski definition) is 2. The van der Waals surface area contributed by atoms with Gasteiger partial charge in [0.25, 0.3) is 0 Å². The van der Waals surface area contributed by atoms with E-state index in [4.69, 9.17) is 5.21 Å². The van der Waals surface area contributed by atoms with Crippen molar-refractivity contribution < 1.29 is 18.4 Å². The zero-order valence-electron chi connectivity index (χ0n) is 10.1. The van der Waals surface area contributed by atoms with E-state index in [0.29, 0.717) is 5.69 Å². The van der Waals surface area contributed by atoms with Crippen molar-refractivity contribution in [2.24, 2.45) is 4.99 Å². The molecule has 2 N–H and O–H groups in total. The maximum atomic E-state index is 12.6. The maximum Gasteiger partial charge on any atom is 0.416 e. The monoisotopic (exact) mass is 281 g/mol. The fourth-order valence-electron chi connectivity index (χ4n) is 1.52. The summed E-state index contributed by atoms with van der Waals surface area (Å²) in [7, 11) is 0. The molecule has 0 aliphatic heterocycles. The first-order valence-electron chi connectivity index (χ1n) is 5.58. The molecule has 1 aromatic heterocycles.